The largest absolute Gasteiger partial charge is 0.466 e. The van der Waals surface area contributed by atoms with Gasteiger partial charge in [-0.2, -0.15) is 0 Å². The minimum atomic E-state index is -1.54. The van der Waals surface area contributed by atoms with Crippen molar-refractivity contribution in [3.63, 3.8) is 0 Å². The van der Waals surface area contributed by atoms with E-state index in [2.05, 4.69) is 17.9 Å². The van der Waals surface area contributed by atoms with E-state index in [4.69, 9.17) is 9.84 Å². The molecule has 0 bridgehead atoms. The first-order valence-corrected chi connectivity index (χ1v) is 9.34. The summed E-state index contributed by atoms with van der Waals surface area (Å²) in [6.07, 6.45) is -4.80. The zero-order valence-corrected chi connectivity index (χ0v) is 16.5. The number of ether oxygens (including phenoxy) is 2. The number of methoxy groups -OCH3 is 1. The third-order valence-electron chi connectivity index (χ3n) is 6.18. The van der Waals surface area contributed by atoms with Crippen LogP contribution in [0.3, 0.4) is 0 Å². The summed E-state index contributed by atoms with van der Waals surface area (Å²) in [7, 11) is 1.13. The lowest BCUT2D eigenvalue weighted by molar-refractivity contribution is -0.189. The van der Waals surface area contributed by atoms with Gasteiger partial charge < -0.3 is 29.9 Å². The average Bonchev–Trinajstić information content (AvgIpc) is 2.68. The molecular weight excluding hydrogens is 384 g/mol. The summed E-state index contributed by atoms with van der Waals surface area (Å²) in [5, 5.41) is 40.2. The smallest absolute Gasteiger partial charge is 0.336 e. The Balaban J connectivity index is 2.42. The molecule has 2 aliphatic rings. The Bertz CT molecular complexity index is 715. The number of esters is 2. The lowest BCUT2D eigenvalue weighted by atomic mass is 9.53. The highest BCUT2D eigenvalue weighted by molar-refractivity contribution is 5.91. The number of aliphatic hydroxyl groups excluding tert-OH is 4. The predicted molar refractivity (Wildman–Crippen MR) is 99.2 cm³/mol. The summed E-state index contributed by atoms with van der Waals surface area (Å²) in [4.78, 5) is 37.0. The number of carbonyl (C=O) groups is 3. The van der Waals surface area contributed by atoms with Crippen molar-refractivity contribution in [3.8, 4) is 0 Å². The second-order valence-electron chi connectivity index (χ2n) is 7.91. The van der Waals surface area contributed by atoms with E-state index in [0.717, 1.165) is 7.11 Å². The number of hydrogen-bond donors (Lipinski definition) is 4. The minimum Gasteiger partial charge on any atom is -0.466 e. The molecule has 4 N–H and O–H groups in total. The maximum Gasteiger partial charge on any atom is 0.336 e. The Kier molecular flexibility index (Phi) is 7.00. The molecule has 0 aliphatic heterocycles. The Labute approximate surface area is 168 Å². The molecule has 0 amide bonds. The van der Waals surface area contributed by atoms with Crippen LogP contribution in [0.25, 0.3) is 0 Å². The van der Waals surface area contributed by atoms with Crippen LogP contribution in [0, 0.1) is 17.3 Å². The van der Waals surface area contributed by atoms with Crippen LogP contribution in [-0.2, 0) is 23.9 Å². The molecule has 0 radical (unpaired) electrons. The van der Waals surface area contributed by atoms with Crippen molar-refractivity contribution in [1.29, 1.82) is 0 Å². The zero-order chi connectivity index (χ0) is 22.1. The number of hydrogen-bond acceptors (Lipinski definition) is 9. The summed E-state index contributed by atoms with van der Waals surface area (Å²) >= 11 is 0. The second kappa shape index (κ2) is 8.74. The molecule has 2 saturated carbocycles. The van der Waals surface area contributed by atoms with Gasteiger partial charge in [-0.25, -0.2) is 9.59 Å². The Morgan fingerprint density at radius 3 is 2.45 bits per heavy atom. The number of carbonyl (C=O) groups excluding carboxylic acids is 3. The first-order chi connectivity index (χ1) is 13.5. The fourth-order valence-electron chi connectivity index (χ4n) is 4.44. The lowest BCUT2D eigenvalue weighted by Crippen LogP contribution is -2.62. The van der Waals surface area contributed by atoms with Gasteiger partial charge in [-0.1, -0.05) is 20.1 Å². The fourth-order valence-corrected chi connectivity index (χ4v) is 4.44. The zero-order valence-electron chi connectivity index (χ0n) is 16.5. The van der Waals surface area contributed by atoms with Crippen molar-refractivity contribution in [2.45, 2.75) is 50.6 Å². The third kappa shape index (κ3) is 4.13. The maximum atomic E-state index is 12.6. The molecule has 9 nitrogen and oxygen atoms in total. The molecule has 0 spiro atoms. The van der Waals surface area contributed by atoms with E-state index in [0.29, 0.717) is 0 Å². The molecule has 2 rings (SSSR count). The normalized spacial score (nSPS) is 35.2. The molecule has 0 saturated heterocycles. The molecule has 162 valence electrons. The van der Waals surface area contributed by atoms with Crippen molar-refractivity contribution in [3.05, 3.63) is 24.3 Å². The third-order valence-corrected chi connectivity index (χ3v) is 6.18. The summed E-state index contributed by atoms with van der Waals surface area (Å²) < 4.78 is 10.1. The van der Waals surface area contributed by atoms with Gasteiger partial charge in [0.1, 0.15) is 18.0 Å². The van der Waals surface area contributed by atoms with E-state index in [1.165, 1.54) is 0 Å². The lowest BCUT2D eigenvalue weighted by Gasteiger charge is -2.54. The van der Waals surface area contributed by atoms with E-state index in [9.17, 15) is 29.7 Å². The summed E-state index contributed by atoms with van der Waals surface area (Å²) in [6.45, 7) is 7.92. The van der Waals surface area contributed by atoms with Crippen LogP contribution in [0.1, 0.15) is 26.2 Å². The minimum absolute atomic E-state index is 0.0312. The highest BCUT2D eigenvalue weighted by Crippen LogP contribution is 2.52. The standard InChI is InChI=1S/C20H28O9/c1-9(12(23)8-21)19(27)29-13-7-20(3)14(24)6-5-11(22)16(20)17(25)15(13)10(2)18(26)28-4/h12-17,21,23-25H,1-2,5-8H2,3-4H3/t12-,13-,14+,15-,16-,17-,20+/m0/s1. The number of aliphatic hydroxyl groups is 4. The molecule has 2 fully saturated rings. The highest BCUT2D eigenvalue weighted by atomic mass is 16.5. The Morgan fingerprint density at radius 1 is 1.28 bits per heavy atom. The van der Waals surface area contributed by atoms with Gasteiger partial charge >= 0.3 is 11.9 Å². The van der Waals surface area contributed by atoms with Crippen molar-refractivity contribution in [1.82, 2.24) is 0 Å². The average molecular weight is 412 g/mol. The number of Topliss-reactive ketones (excluding diaryl/α,β-unsaturated/α-hetero) is 1. The predicted octanol–water partition coefficient (Wildman–Crippen LogP) is -0.736. The van der Waals surface area contributed by atoms with Gasteiger partial charge in [-0.05, 0) is 12.8 Å². The van der Waals surface area contributed by atoms with Gasteiger partial charge in [0.05, 0.1) is 43.3 Å². The van der Waals surface area contributed by atoms with Crippen molar-refractivity contribution in [2.75, 3.05) is 13.7 Å². The van der Waals surface area contributed by atoms with Gasteiger partial charge in [0.15, 0.2) is 0 Å². The van der Waals surface area contributed by atoms with Crippen molar-refractivity contribution < 1.29 is 44.3 Å². The van der Waals surface area contributed by atoms with E-state index in [-0.39, 0.29) is 30.6 Å². The topological polar surface area (TPSA) is 151 Å². The van der Waals surface area contributed by atoms with E-state index in [1.54, 1.807) is 6.92 Å². The van der Waals surface area contributed by atoms with Gasteiger partial charge in [0.2, 0.25) is 0 Å². The molecule has 9 heteroatoms. The maximum absolute atomic E-state index is 12.6. The number of ketones is 1. The van der Waals surface area contributed by atoms with Gasteiger partial charge in [0, 0.05) is 17.4 Å². The van der Waals surface area contributed by atoms with Gasteiger partial charge in [-0.15, -0.1) is 0 Å². The van der Waals surface area contributed by atoms with Crippen LogP contribution in [0.4, 0.5) is 0 Å². The van der Waals surface area contributed by atoms with Crippen molar-refractivity contribution in [2.24, 2.45) is 17.3 Å². The summed E-state index contributed by atoms with van der Waals surface area (Å²) in [6, 6.07) is 0. The van der Waals surface area contributed by atoms with Crippen LogP contribution in [0.2, 0.25) is 0 Å². The van der Waals surface area contributed by atoms with E-state index in [1.807, 2.05) is 0 Å². The first kappa shape index (κ1) is 23.2. The molecule has 0 aromatic heterocycles. The first-order valence-electron chi connectivity index (χ1n) is 9.34. The van der Waals surface area contributed by atoms with Crippen LogP contribution >= 0.6 is 0 Å². The Hall–Kier alpha value is -2.07. The van der Waals surface area contributed by atoms with E-state index < -0.39 is 65.8 Å². The van der Waals surface area contributed by atoms with Crippen LogP contribution in [-0.4, -0.2) is 76.3 Å². The summed E-state index contributed by atoms with van der Waals surface area (Å²) in [5.74, 6) is -4.25. The number of rotatable bonds is 6. The van der Waals surface area contributed by atoms with Crippen LogP contribution < -0.4 is 0 Å². The monoisotopic (exact) mass is 412 g/mol. The molecule has 0 aromatic rings. The molecule has 2 aliphatic carbocycles. The SMILES string of the molecule is C=C(C(=O)OC)[C@@H]1[C@H](O)[C@@H]2C(=O)CC[C@@H](O)[C@@]2(C)C[C@@H]1OC(=O)C(=C)[C@@H](O)CO. The molecule has 7 atom stereocenters. The van der Waals surface area contributed by atoms with Crippen LogP contribution in [0.5, 0.6) is 0 Å². The second-order valence-corrected chi connectivity index (χ2v) is 7.91. The molecule has 0 aromatic carbocycles. The molecule has 0 heterocycles. The van der Waals surface area contributed by atoms with Gasteiger partial charge in [-0.3, -0.25) is 4.79 Å². The Morgan fingerprint density at radius 2 is 1.90 bits per heavy atom. The summed E-state index contributed by atoms with van der Waals surface area (Å²) in [5.41, 5.74) is -1.68. The van der Waals surface area contributed by atoms with Crippen molar-refractivity contribution >= 4 is 17.7 Å². The fraction of sp³-hybridized carbons (Fsp3) is 0.650. The quantitative estimate of drug-likeness (QED) is 0.327. The van der Waals surface area contributed by atoms with Gasteiger partial charge in [0.25, 0.3) is 0 Å². The molecule has 29 heavy (non-hydrogen) atoms. The highest BCUT2D eigenvalue weighted by Gasteiger charge is 2.60. The van der Waals surface area contributed by atoms with Crippen LogP contribution in [0.15, 0.2) is 24.3 Å². The van der Waals surface area contributed by atoms with E-state index >= 15 is 0 Å². The molecule has 0 unspecified atom stereocenters. The number of fused-ring (bicyclic) bond motifs is 1. The molecular formula is C20H28O9.